The number of ether oxygens (including phenoxy) is 3. The molecule has 0 saturated carbocycles. The van der Waals surface area contributed by atoms with Gasteiger partial charge in [-0.2, -0.15) is 0 Å². The molecule has 3 N–H and O–H groups in total. The number of aliphatic hydroxyl groups is 1. The van der Waals surface area contributed by atoms with Crippen LogP contribution >= 0.6 is 0 Å². The third-order valence-electron chi connectivity index (χ3n) is 2.44. The summed E-state index contributed by atoms with van der Waals surface area (Å²) in [7, 11) is 1.56. The Morgan fingerprint density at radius 1 is 1.28 bits per heavy atom. The molecule has 0 aliphatic carbocycles. The Bertz CT molecular complexity index is 346. The van der Waals surface area contributed by atoms with Crippen molar-refractivity contribution in [3.63, 3.8) is 0 Å². The predicted molar refractivity (Wildman–Crippen MR) is 69.0 cm³/mol. The molecule has 0 spiro atoms. The van der Waals surface area contributed by atoms with E-state index in [9.17, 15) is 5.11 Å². The zero-order chi connectivity index (χ0) is 13.4. The van der Waals surface area contributed by atoms with E-state index in [4.69, 9.17) is 19.9 Å². The number of benzene rings is 1. The monoisotopic (exact) mass is 255 g/mol. The van der Waals surface area contributed by atoms with Gasteiger partial charge in [-0.3, -0.25) is 0 Å². The molecule has 5 nitrogen and oxygen atoms in total. The van der Waals surface area contributed by atoms with Crippen molar-refractivity contribution in [3.8, 4) is 11.5 Å². The Kier molecular flexibility index (Phi) is 6.49. The summed E-state index contributed by atoms with van der Waals surface area (Å²) >= 11 is 0. The van der Waals surface area contributed by atoms with E-state index < -0.39 is 12.1 Å². The fourth-order valence-electron chi connectivity index (χ4n) is 1.55. The molecule has 0 fully saturated rings. The fourth-order valence-corrected chi connectivity index (χ4v) is 1.55. The molecular weight excluding hydrogens is 234 g/mol. The maximum absolute atomic E-state index is 9.30. The van der Waals surface area contributed by atoms with Crippen LogP contribution in [0, 0.1) is 0 Å². The van der Waals surface area contributed by atoms with Crippen molar-refractivity contribution in [2.75, 3.05) is 26.9 Å². The summed E-state index contributed by atoms with van der Waals surface area (Å²) < 4.78 is 16.1. The lowest BCUT2D eigenvalue weighted by Gasteiger charge is -2.23. The first-order valence-electron chi connectivity index (χ1n) is 5.96. The van der Waals surface area contributed by atoms with Crippen LogP contribution in [0.4, 0.5) is 0 Å². The van der Waals surface area contributed by atoms with Crippen LogP contribution in [0.15, 0.2) is 24.3 Å². The van der Waals surface area contributed by atoms with Gasteiger partial charge in [0.25, 0.3) is 0 Å². The first-order valence-corrected chi connectivity index (χ1v) is 5.96. The zero-order valence-electron chi connectivity index (χ0n) is 10.8. The Morgan fingerprint density at radius 3 is 2.50 bits per heavy atom. The maximum atomic E-state index is 9.30. The van der Waals surface area contributed by atoms with Crippen molar-refractivity contribution in [2.24, 2.45) is 5.73 Å². The highest BCUT2D eigenvalue weighted by atomic mass is 16.5. The molecule has 1 aromatic rings. The molecule has 5 heteroatoms. The van der Waals surface area contributed by atoms with Gasteiger partial charge in [-0.1, -0.05) is 12.1 Å². The van der Waals surface area contributed by atoms with E-state index in [1.165, 1.54) is 0 Å². The van der Waals surface area contributed by atoms with Crippen LogP contribution in [0.2, 0.25) is 0 Å². The van der Waals surface area contributed by atoms with Crippen molar-refractivity contribution in [3.05, 3.63) is 24.3 Å². The van der Waals surface area contributed by atoms with Crippen LogP contribution in [0.3, 0.4) is 0 Å². The number of hydrogen-bond acceptors (Lipinski definition) is 5. The molecular formula is C13H21NO4. The van der Waals surface area contributed by atoms with Crippen LogP contribution in [-0.4, -0.2) is 44.2 Å². The normalized spacial score (nSPS) is 14.0. The average molecular weight is 255 g/mol. The summed E-state index contributed by atoms with van der Waals surface area (Å²) in [4.78, 5) is 0. The molecule has 0 aliphatic rings. The topological polar surface area (TPSA) is 73.9 Å². The largest absolute Gasteiger partial charge is 0.490 e. The van der Waals surface area contributed by atoms with Crippen molar-refractivity contribution >= 4 is 0 Å². The average Bonchev–Trinajstić information content (AvgIpc) is 2.38. The molecule has 0 heterocycles. The van der Waals surface area contributed by atoms with Crippen molar-refractivity contribution in [1.29, 1.82) is 0 Å². The van der Waals surface area contributed by atoms with Crippen molar-refractivity contribution in [2.45, 2.75) is 19.1 Å². The molecule has 2 atom stereocenters. The lowest BCUT2D eigenvalue weighted by Crippen LogP contribution is -2.44. The van der Waals surface area contributed by atoms with Crippen LogP contribution in [0.1, 0.15) is 6.92 Å². The Hall–Kier alpha value is -1.30. The van der Waals surface area contributed by atoms with Gasteiger partial charge in [-0.05, 0) is 19.1 Å². The third-order valence-corrected chi connectivity index (χ3v) is 2.44. The van der Waals surface area contributed by atoms with Crippen LogP contribution in [-0.2, 0) is 4.74 Å². The molecule has 18 heavy (non-hydrogen) atoms. The van der Waals surface area contributed by atoms with Gasteiger partial charge in [-0.25, -0.2) is 0 Å². The predicted octanol–water partition coefficient (Wildman–Crippen LogP) is 0.799. The summed E-state index contributed by atoms with van der Waals surface area (Å²) in [6.45, 7) is 2.60. The molecule has 102 valence electrons. The molecule has 1 aromatic carbocycles. The molecule has 2 unspecified atom stereocenters. The number of methoxy groups -OCH3 is 1. The highest BCUT2D eigenvalue weighted by molar-refractivity contribution is 5.39. The Labute approximate surface area is 107 Å². The van der Waals surface area contributed by atoms with E-state index in [2.05, 4.69) is 0 Å². The highest BCUT2D eigenvalue weighted by Crippen LogP contribution is 2.27. The lowest BCUT2D eigenvalue weighted by molar-refractivity contribution is 0.0583. The van der Waals surface area contributed by atoms with Gasteiger partial charge in [0.1, 0.15) is 6.10 Å². The molecule has 0 amide bonds. The van der Waals surface area contributed by atoms with Gasteiger partial charge in [0, 0.05) is 7.11 Å². The summed E-state index contributed by atoms with van der Waals surface area (Å²) in [5.41, 5.74) is 5.86. The molecule has 0 radical (unpaired) electrons. The smallest absolute Gasteiger partial charge is 0.161 e. The van der Waals surface area contributed by atoms with E-state index in [0.29, 0.717) is 24.7 Å². The molecule has 0 saturated heterocycles. The van der Waals surface area contributed by atoms with Gasteiger partial charge in [-0.15, -0.1) is 0 Å². The second kappa shape index (κ2) is 7.92. The summed E-state index contributed by atoms with van der Waals surface area (Å²) in [5, 5.41) is 9.30. The van der Waals surface area contributed by atoms with Crippen LogP contribution in [0.5, 0.6) is 11.5 Å². The summed E-state index contributed by atoms with van der Waals surface area (Å²) in [6.07, 6.45) is -0.522. The molecule has 1 rings (SSSR count). The van der Waals surface area contributed by atoms with Gasteiger partial charge >= 0.3 is 0 Å². The van der Waals surface area contributed by atoms with E-state index in [0.717, 1.165) is 0 Å². The standard InChI is InChI=1S/C13H21NO4/c1-3-17-11-6-4-5-7-12(11)18-13(8-15)10(14)9-16-2/h4-7,10,13,15H,3,8-9,14H2,1-2H3. The number of hydrogen-bond donors (Lipinski definition) is 2. The van der Waals surface area contributed by atoms with Gasteiger partial charge < -0.3 is 25.1 Å². The zero-order valence-corrected chi connectivity index (χ0v) is 10.8. The molecule has 0 aliphatic heterocycles. The molecule has 0 bridgehead atoms. The number of aliphatic hydroxyl groups excluding tert-OH is 1. The van der Waals surface area contributed by atoms with E-state index >= 15 is 0 Å². The van der Waals surface area contributed by atoms with Crippen molar-refractivity contribution in [1.82, 2.24) is 0 Å². The minimum atomic E-state index is -0.522. The number of nitrogens with two attached hydrogens (primary N) is 1. The second-order valence-electron chi connectivity index (χ2n) is 3.84. The molecule has 0 aromatic heterocycles. The van der Waals surface area contributed by atoms with E-state index in [1.54, 1.807) is 13.2 Å². The maximum Gasteiger partial charge on any atom is 0.161 e. The highest BCUT2D eigenvalue weighted by Gasteiger charge is 2.20. The third kappa shape index (κ3) is 4.18. The first-order chi connectivity index (χ1) is 8.72. The number of rotatable bonds is 8. The van der Waals surface area contributed by atoms with E-state index in [1.807, 2.05) is 25.1 Å². The van der Waals surface area contributed by atoms with Gasteiger partial charge in [0.15, 0.2) is 11.5 Å². The van der Waals surface area contributed by atoms with Crippen LogP contribution in [0.25, 0.3) is 0 Å². The minimum absolute atomic E-state index is 0.176. The minimum Gasteiger partial charge on any atom is -0.490 e. The summed E-state index contributed by atoms with van der Waals surface area (Å²) in [5.74, 6) is 1.22. The lowest BCUT2D eigenvalue weighted by atomic mass is 10.2. The quantitative estimate of drug-likeness (QED) is 0.718. The van der Waals surface area contributed by atoms with Crippen LogP contribution < -0.4 is 15.2 Å². The van der Waals surface area contributed by atoms with Gasteiger partial charge in [0.2, 0.25) is 0 Å². The number of para-hydroxylation sites is 2. The first kappa shape index (κ1) is 14.8. The fraction of sp³-hybridized carbons (Fsp3) is 0.538. The van der Waals surface area contributed by atoms with E-state index in [-0.39, 0.29) is 6.61 Å². The Morgan fingerprint density at radius 2 is 1.94 bits per heavy atom. The van der Waals surface area contributed by atoms with Gasteiger partial charge in [0.05, 0.1) is 25.9 Å². The Balaban J connectivity index is 2.74. The SMILES string of the molecule is CCOc1ccccc1OC(CO)C(N)COC. The summed E-state index contributed by atoms with van der Waals surface area (Å²) in [6, 6.07) is 6.91. The second-order valence-corrected chi connectivity index (χ2v) is 3.84. The van der Waals surface area contributed by atoms with Crippen molar-refractivity contribution < 1.29 is 19.3 Å².